The van der Waals surface area contributed by atoms with Crippen molar-refractivity contribution in [2.24, 2.45) is 5.73 Å². The lowest BCUT2D eigenvalue weighted by atomic mass is 10.1. The highest BCUT2D eigenvalue weighted by atomic mass is 32.2. The lowest BCUT2D eigenvalue weighted by molar-refractivity contribution is 0.173. The zero-order valence-corrected chi connectivity index (χ0v) is 11.0. The predicted molar refractivity (Wildman–Crippen MR) is 67.4 cm³/mol. The number of thioether (sulfide) groups is 1. The summed E-state index contributed by atoms with van der Waals surface area (Å²) in [7, 11) is 1.73. The first-order valence-electron chi connectivity index (χ1n) is 5.64. The first-order chi connectivity index (χ1) is 7.03. The van der Waals surface area contributed by atoms with Crippen LogP contribution in [0.15, 0.2) is 0 Å². The third-order valence-corrected chi connectivity index (χ3v) is 3.99. The van der Waals surface area contributed by atoms with Crippen LogP contribution in [-0.4, -0.2) is 54.8 Å². The molecule has 0 aromatic rings. The highest BCUT2D eigenvalue weighted by Gasteiger charge is 2.27. The first kappa shape index (κ1) is 13.3. The Kier molecular flexibility index (Phi) is 5.39. The molecule has 1 saturated heterocycles. The smallest absolute Gasteiger partial charge is 0.0477 e. The van der Waals surface area contributed by atoms with Gasteiger partial charge in [0, 0.05) is 49.9 Å². The molecule has 1 unspecified atom stereocenters. The van der Waals surface area contributed by atoms with Crippen LogP contribution in [0.5, 0.6) is 0 Å². The van der Waals surface area contributed by atoms with Crippen molar-refractivity contribution in [3.63, 3.8) is 0 Å². The van der Waals surface area contributed by atoms with E-state index in [2.05, 4.69) is 30.5 Å². The highest BCUT2D eigenvalue weighted by molar-refractivity contribution is 8.00. The quantitative estimate of drug-likeness (QED) is 0.772. The summed E-state index contributed by atoms with van der Waals surface area (Å²) in [5.41, 5.74) is 6.05. The Labute approximate surface area is 97.7 Å². The molecule has 0 amide bonds. The molecular weight excluding hydrogens is 208 g/mol. The minimum atomic E-state index is 0.254. The van der Waals surface area contributed by atoms with Gasteiger partial charge in [0.25, 0.3) is 0 Å². The van der Waals surface area contributed by atoms with Crippen LogP contribution in [0.25, 0.3) is 0 Å². The van der Waals surface area contributed by atoms with Crippen molar-refractivity contribution in [3.05, 3.63) is 0 Å². The molecule has 0 aromatic carbocycles. The van der Waals surface area contributed by atoms with Crippen LogP contribution in [-0.2, 0) is 4.74 Å². The second-order valence-electron chi connectivity index (χ2n) is 4.88. The van der Waals surface area contributed by atoms with Gasteiger partial charge in [-0.3, -0.25) is 4.90 Å². The third kappa shape index (κ3) is 5.20. The van der Waals surface area contributed by atoms with Crippen LogP contribution in [0.2, 0.25) is 0 Å². The van der Waals surface area contributed by atoms with E-state index in [0.717, 1.165) is 26.1 Å². The van der Waals surface area contributed by atoms with Crippen molar-refractivity contribution in [3.8, 4) is 0 Å². The van der Waals surface area contributed by atoms with Crippen molar-refractivity contribution in [2.75, 3.05) is 39.1 Å². The van der Waals surface area contributed by atoms with Crippen LogP contribution < -0.4 is 5.73 Å². The summed E-state index contributed by atoms with van der Waals surface area (Å²) in [6, 6.07) is 0.254. The Morgan fingerprint density at radius 1 is 1.53 bits per heavy atom. The molecule has 3 nitrogen and oxygen atoms in total. The number of ether oxygens (including phenoxy) is 1. The van der Waals surface area contributed by atoms with Crippen molar-refractivity contribution in [2.45, 2.75) is 31.1 Å². The lowest BCUT2D eigenvalue weighted by Crippen LogP contribution is -2.48. The van der Waals surface area contributed by atoms with Gasteiger partial charge >= 0.3 is 0 Å². The number of nitrogens with zero attached hydrogens (tertiary/aromatic N) is 1. The SMILES string of the molecule is COCCC(N)CN1CCSC(C)(C)C1. The average Bonchev–Trinajstić information content (AvgIpc) is 2.13. The molecular formula is C11H24N2OS. The van der Waals surface area contributed by atoms with E-state index in [1.807, 2.05) is 0 Å². The van der Waals surface area contributed by atoms with E-state index < -0.39 is 0 Å². The first-order valence-corrected chi connectivity index (χ1v) is 6.63. The monoisotopic (exact) mass is 232 g/mol. The summed E-state index contributed by atoms with van der Waals surface area (Å²) in [4.78, 5) is 2.48. The Hall–Kier alpha value is 0.230. The molecule has 1 aliphatic heterocycles. The van der Waals surface area contributed by atoms with E-state index in [0.29, 0.717) is 4.75 Å². The fourth-order valence-electron chi connectivity index (χ4n) is 1.96. The zero-order chi connectivity index (χ0) is 11.3. The molecule has 2 N–H and O–H groups in total. The molecule has 15 heavy (non-hydrogen) atoms. The van der Waals surface area contributed by atoms with Gasteiger partial charge in [-0.1, -0.05) is 0 Å². The second kappa shape index (κ2) is 6.09. The van der Waals surface area contributed by atoms with Gasteiger partial charge < -0.3 is 10.5 Å². The standard InChI is InChI=1S/C11H24N2OS/c1-11(2)9-13(5-7-15-11)8-10(12)4-6-14-3/h10H,4-9,12H2,1-3H3. The number of methoxy groups -OCH3 is 1. The van der Waals surface area contributed by atoms with Crippen molar-refractivity contribution in [1.29, 1.82) is 0 Å². The summed E-state index contributed by atoms with van der Waals surface area (Å²) in [6.07, 6.45) is 0.959. The maximum atomic E-state index is 6.05. The fraction of sp³-hybridized carbons (Fsp3) is 1.00. The molecule has 1 aliphatic rings. The van der Waals surface area contributed by atoms with Gasteiger partial charge in [-0.15, -0.1) is 0 Å². The zero-order valence-electron chi connectivity index (χ0n) is 10.2. The lowest BCUT2D eigenvalue weighted by Gasteiger charge is -2.38. The summed E-state index contributed by atoms with van der Waals surface area (Å²) in [6.45, 7) is 8.72. The molecule has 90 valence electrons. The summed E-state index contributed by atoms with van der Waals surface area (Å²) in [5, 5.41) is 0. The molecule has 0 radical (unpaired) electrons. The van der Waals surface area contributed by atoms with Gasteiger partial charge in [0.1, 0.15) is 0 Å². The minimum Gasteiger partial charge on any atom is -0.385 e. The number of hydrogen-bond donors (Lipinski definition) is 1. The predicted octanol–water partition coefficient (Wildman–Crippen LogP) is 1.18. The molecule has 0 bridgehead atoms. The van der Waals surface area contributed by atoms with Crippen LogP contribution in [0.1, 0.15) is 20.3 Å². The molecule has 1 rings (SSSR count). The molecule has 4 heteroatoms. The molecule has 1 heterocycles. The Morgan fingerprint density at radius 3 is 2.87 bits per heavy atom. The van der Waals surface area contributed by atoms with E-state index in [4.69, 9.17) is 10.5 Å². The van der Waals surface area contributed by atoms with Gasteiger partial charge in [0.2, 0.25) is 0 Å². The van der Waals surface area contributed by atoms with E-state index in [1.54, 1.807) is 7.11 Å². The van der Waals surface area contributed by atoms with Gasteiger partial charge in [-0.25, -0.2) is 0 Å². The van der Waals surface area contributed by atoms with Crippen LogP contribution in [0.4, 0.5) is 0 Å². The van der Waals surface area contributed by atoms with Crippen molar-refractivity contribution in [1.82, 2.24) is 4.90 Å². The van der Waals surface area contributed by atoms with Gasteiger partial charge in [0.05, 0.1) is 0 Å². The second-order valence-corrected chi connectivity index (χ2v) is 6.69. The van der Waals surface area contributed by atoms with E-state index in [9.17, 15) is 0 Å². The Bertz CT molecular complexity index is 187. The molecule has 0 spiro atoms. The summed E-state index contributed by atoms with van der Waals surface area (Å²) in [5.74, 6) is 1.23. The number of nitrogens with two attached hydrogens (primary N) is 1. The molecule has 0 aliphatic carbocycles. The Balaban J connectivity index is 2.25. The average molecular weight is 232 g/mol. The van der Waals surface area contributed by atoms with E-state index in [-0.39, 0.29) is 6.04 Å². The van der Waals surface area contributed by atoms with Crippen LogP contribution in [0.3, 0.4) is 0 Å². The van der Waals surface area contributed by atoms with Crippen LogP contribution >= 0.6 is 11.8 Å². The highest BCUT2D eigenvalue weighted by Crippen LogP contribution is 2.29. The van der Waals surface area contributed by atoms with Crippen LogP contribution in [0, 0.1) is 0 Å². The topological polar surface area (TPSA) is 38.5 Å². The van der Waals surface area contributed by atoms with Crippen molar-refractivity contribution < 1.29 is 4.74 Å². The number of hydrogen-bond acceptors (Lipinski definition) is 4. The molecule has 1 fully saturated rings. The summed E-state index contributed by atoms with van der Waals surface area (Å²) >= 11 is 2.06. The maximum absolute atomic E-state index is 6.05. The van der Waals surface area contributed by atoms with Gasteiger partial charge in [0.15, 0.2) is 0 Å². The largest absolute Gasteiger partial charge is 0.385 e. The van der Waals surface area contributed by atoms with Crippen molar-refractivity contribution >= 4 is 11.8 Å². The minimum absolute atomic E-state index is 0.254. The van der Waals surface area contributed by atoms with Gasteiger partial charge in [-0.05, 0) is 20.3 Å². The molecule has 0 saturated carbocycles. The molecule has 1 atom stereocenters. The third-order valence-electron chi connectivity index (χ3n) is 2.69. The summed E-state index contributed by atoms with van der Waals surface area (Å²) < 4.78 is 5.43. The normalized spacial score (nSPS) is 24.0. The molecule has 0 aromatic heterocycles. The fourth-order valence-corrected chi connectivity index (χ4v) is 3.14. The van der Waals surface area contributed by atoms with E-state index >= 15 is 0 Å². The van der Waals surface area contributed by atoms with Gasteiger partial charge in [-0.2, -0.15) is 11.8 Å². The Morgan fingerprint density at radius 2 is 2.27 bits per heavy atom. The number of rotatable bonds is 5. The van der Waals surface area contributed by atoms with E-state index in [1.165, 1.54) is 12.3 Å². The maximum Gasteiger partial charge on any atom is 0.0477 e.